The minimum Gasteiger partial charge on any atom is -0.454 e. The summed E-state index contributed by atoms with van der Waals surface area (Å²) < 4.78 is 6.33. The molecule has 29 heavy (non-hydrogen) atoms. The number of fused-ring (bicyclic) bond motifs is 3. The Balaban J connectivity index is 1.63. The molecule has 150 valence electrons. The second-order valence-electron chi connectivity index (χ2n) is 8.47. The number of para-hydroxylation sites is 1. The molecule has 0 atom stereocenters. The molecule has 0 aliphatic carbocycles. The summed E-state index contributed by atoms with van der Waals surface area (Å²) in [5.41, 5.74) is 4.19. The molecule has 0 saturated carbocycles. The Kier molecular flexibility index (Phi) is 4.19. The van der Waals surface area contributed by atoms with Crippen molar-refractivity contribution in [2.75, 3.05) is 23.1 Å². The van der Waals surface area contributed by atoms with Gasteiger partial charge < -0.3 is 24.0 Å². The van der Waals surface area contributed by atoms with Crippen molar-refractivity contribution >= 4 is 33.3 Å². The minimum atomic E-state index is 0.465. The lowest BCUT2D eigenvalue weighted by Crippen LogP contribution is -2.31. The first-order valence-corrected chi connectivity index (χ1v) is 10.4. The van der Waals surface area contributed by atoms with Crippen molar-refractivity contribution in [2.24, 2.45) is 0 Å². The molecule has 0 bridgehead atoms. The van der Waals surface area contributed by atoms with Gasteiger partial charge in [-0.15, -0.1) is 0 Å². The lowest BCUT2D eigenvalue weighted by atomic mass is 10.1. The summed E-state index contributed by atoms with van der Waals surface area (Å²) in [6.07, 6.45) is 8.68. The van der Waals surface area contributed by atoms with E-state index in [0.717, 1.165) is 30.2 Å². The normalized spacial score (nSPS) is 16.8. The Morgan fingerprint density at radius 1 is 0.759 bits per heavy atom. The Bertz CT molecular complexity index is 1110. The molecule has 0 spiro atoms. The van der Waals surface area contributed by atoms with Crippen molar-refractivity contribution in [3.8, 4) is 0 Å². The van der Waals surface area contributed by atoms with Crippen LogP contribution in [0.15, 0.2) is 65.6 Å². The predicted molar refractivity (Wildman–Crippen MR) is 121 cm³/mol. The van der Waals surface area contributed by atoms with Crippen LogP contribution in [0.4, 0.5) is 11.4 Å². The standard InChI is InChI=1S/C24H28N4O/c1-17(2)25-9-11-27(15-25)19-13-21-20-7-5-6-8-23(20)29-24(21)22(14-19)28-12-10-26(16-28)18(3)4/h5-14,17-18H,15-16H2,1-4H3. The van der Waals surface area contributed by atoms with Gasteiger partial charge in [-0.3, -0.25) is 0 Å². The van der Waals surface area contributed by atoms with Crippen molar-refractivity contribution in [1.82, 2.24) is 9.80 Å². The van der Waals surface area contributed by atoms with Crippen LogP contribution in [0.2, 0.25) is 0 Å². The molecule has 5 rings (SSSR count). The molecule has 5 nitrogen and oxygen atoms in total. The number of nitrogens with zero attached hydrogens (tertiary/aromatic N) is 4. The van der Waals surface area contributed by atoms with Gasteiger partial charge >= 0.3 is 0 Å². The Hall–Kier alpha value is -3.08. The highest BCUT2D eigenvalue weighted by Gasteiger charge is 2.24. The summed E-state index contributed by atoms with van der Waals surface area (Å²) >= 11 is 0. The molecule has 2 aliphatic heterocycles. The number of anilines is 2. The number of benzene rings is 2. The third-order valence-corrected chi connectivity index (χ3v) is 5.92. The van der Waals surface area contributed by atoms with Gasteiger partial charge in [-0.2, -0.15) is 0 Å². The van der Waals surface area contributed by atoms with Gasteiger partial charge in [0, 0.05) is 53.3 Å². The molecule has 0 saturated heterocycles. The molecular weight excluding hydrogens is 360 g/mol. The highest BCUT2D eigenvalue weighted by molar-refractivity contribution is 6.10. The molecule has 3 heterocycles. The maximum Gasteiger partial charge on any atom is 0.159 e. The van der Waals surface area contributed by atoms with E-state index in [1.54, 1.807) is 0 Å². The summed E-state index contributed by atoms with van der Waals surface area (Å²) in [5, 5.41) is 2.33. The zero-order valence-electron chi connectivity index (χ0n) is 17.5. The average molecular weight is 389 g/mol. The lowest BCUT2D eigenvalue weighted by molar-refractivity contribution is 0.335. The summed E-state index contributed by atoms with van der Waals surface area (Å²) in [4.78, 5) is 9.27. The molecule has 3 aromatic rings. The van der Waals surface area contributed by atoms with Crippen molar-refractivity contribution < 1.29 is 4.42 Å². The molecule has 5 heteroatoms. The average Bonchev–Trinajstić information content (AvgIpc) is 3.44. The summed E-state index contributed by atoms with van der Waals surface area (Å²) in [6.45, 7) is 10.6. The predicted octanol–water partition coefficient (Wildman–Crippen LogP) is 5.50. The maximum atomic E-state index is 6.33. The molecular formula is C24H28N4O. The van der Waals surface area contributed by atoms with E-state index >= 15 is 0 Å². The highest BCUT2D eigenvalue weighted by Crippen LogP contribution is 2.40. The van der Waals surface area contributed by atoms with Gasteiger partial charge in [0.2, 0.25) is 0 Å². The van der Waals surface area contributed by atoms with Crippen molar-refractivity contribution in [2.45, 2.75) is 39.8 Å². The fourth-order valence-corrected chi connectivity index (χ4v) is 4.04. The fraction of sp³-hybridized carbons (Fsp3) is 0.333. The van der Waals surface area contributed by atoms with Gasteiger partial charge in [0.1, 0.15) is 5.58 Å². The van der Waals surface area contributed by atoms with Crippen LogP contribution in [0.25, 0.3) is 21.9 Å². The fourth-order valence-electron chi connectivity index (χ4n) is 4.04. The Labute approximate surface area is 172 Å². The molecule has 1 aromatic heterocycles. The second-order valence-corrected chi connectivity index (χ2v) is 8.47. The number of rotatable bonds is 4. The third-order valence-electron chi connectivity index (χ3n) is 5.92. The monoisotopic (exact) mass is 388 g/mol. The SMILES string of the molecule is CC(C)N1C=CN(c2cc(N3C=CN(C(C)C)C3)c3oc4ccccc4c3c2)C1. The zero-order valence-corrected chi connectivity index (χ0v) is 17.5. The summed E-state index contributed by atoms with van der Waals surface area (Å²) in [6, 6.07) is 13.8. The molecule has 2 aromatic carbocycles. The van der Waals surface area contributed by atoms with Crippen molar-refractivity contribution in [3.63, 3.8) is 0 Å². The third kappa shape index (κ3) is 3.01. The van der Waals surface area contributed by atoms with Gasteiger partial charge in [0.25, 0.3) is 0 Å². The van der Waals surface area contributed by atoms with E-state index in [1.807, 2.05) is 6.07 Å². The van der Waals surface area contributed by atoms with Gasteiger partial charge in [0.15, 0.2) is 5.58 Å². The first kappa shape index (κ1) is 18.0. The van der Waals surface area contributed by atoms with E-state index < -0.39 is 0 Å². The van der Waals surface area contributed by atoms with E-state index in [-0.39, 0.29) is 0 Å². The van der Waals surface area contributed by atoms with Gasteiger partial charge in [-0.25, -0.2) is 0 Å². The minimum absolute atomic E-state index is 0.465. The summed E-state index contributed by atoms with van der Waals surface area (Å²) in [5.74, 6) is 0. The zero-order chi connectivity index (χ0) is 20.1. The quantitative estimate of drug-likeness (QED) is 0.588. The number of furan rings is 1. The second kappa shape index (κ2) is 6.76. The molecule has 0 unspecified atom stereocenters. The smallest absolute Gasteiger partial charge is 0.159 e. The van der Waals surface area contributed by atoms with E-state index in [0.29, 0.717) is 12.1 Å². The van der Waals surface area contributed by atoms with Gasteiger partial charge in [-0.05, 0) is 45.9 Å². The molecule has 0 fully saturated rings. The van der Waals surface area contributed by atoms with Crippen LogP contribution < -0.4 is 9.80 Å². The van der Waals surface area contributed by atoms with Crippen molar-refractivity contribution in [1.29, 1.82) is 0 Å². The molecule has 0 amide bonds. The van der Waals surface area contributed by atoms with Crippen LogP contribution in [0.5, 0.6) is 0 Å². The first-order chi connectivity index (χ1) is 14.0. The Morgan fingerprint density at radius 3 is 2.10 bits per heavy atom. The molecule has 0 radical (unpaired) electrons. The molecule has 0 N–H and O–H groups in total. The number of hydrogen-bond donors (Lipinski definition) is 0. The van der Waals surface area contributed by atoms with Crippen LogP contribution in [0.3, 0.4) is 0 Å². The van der Waals surface area contributed by atoms with Crippen LogP contribution in [0, 0.1) is 0 Å². The van der Waals surface area contributed by atoms with Crippen LogP contribution in [-0.4, -0.2) is 35.2 Å². The largest absolute Gasteiger partial charge is 0.454 e. The Morgan fingerprint density at radius 2 is 1.41 bits per heavy atom. The van der Waals surface area contributed by atoms with E-state index in [4.69, 9.17) is 4.42 Å². The van der Waals surface area contributed by atoms with Crippen LogP contribution >= 0.6 is 0 Å². The van der Waals surface area contributed by atoms with Crippen LogP contribution in [0.1, 0.15) is 27.7 Å². The summed E-state index contributed by atoms with van der Waals surface area (Å²) in [7, 11) is 0. The van der Waals surface area contributed by atoms with E-state index in [2.05, 4.69) is 102 Å². The first-order valence-electron chi connectivity index (χ1n) is 10.4. The van der Waals surface area contributed by atoms with Crippen molar-refractivity contribution in [3.05, 3.63) is 61.2 Å². The molecule has 2 aliphatic rings. The van der Waals surface area contributed by atoms with Crippen LogP contribution in [-0.2, 0) is 0 Å². The topological polar surface area (TPSA) is 26.1 Å². The van der Waals surface area contributed by atoms with Gasteiger partial charge in [-0.1, -0.05) is 18.2 Å². The highest BCUT2D eigenvalue weighted by atomic mass is 16.3. The number of hydrogen-bond acceptors (Lipinski definition) is 5. The van der Waals surface area contributed by atoms with E-state index in [9.17, 15) is 0 Å². The van der Waals surface area contributed by atoms with Gasteiger partial charge in [0.05, 0.1) is 19.0 Å². The van der Waals surface area contributed by atoms with E-state index in [1.165, 1.54) is 16.5 Å². The lowest BCUT2D eigenvalue weighted by Gasteiger charge is -2.27. The maximum absolute atomic E-state index is 6.33.